The number of thiophene rings is 1. The Balaban J connectivity index is 1.63. The topological polar surface area (TPSA) is 120 Å². The van der Waals surface area contributed by atoms with Crippen LogP contribution in [-0.2, 0) is 11.2 Å². The minimum absolute atomic E-state index is 0.0251. The molecule has 0 spiro atoms. The number of ether oxygens (including phenoxy) is 3. The van der Waals surface area contributed by atoms with Crippen LogP contribution in [0.4, 0.5) is 11.5 Å². The van der Waals surface area contributed by atoms with Crippen LogP contribution < -0.4 is 14.8 Å². The van der Waals surface area contributed by atoms with Crippen LogP contribution in [0.2, 0.25) is 0 Å². The van der Waals surface area contributed by atoms with Crippen molar-refractivity contribution in [3.63, 3.8) is 0 Å². The molecule has 2 heterocycles. The normalized spacial score (nSPS) is 10.7. The van der Waals surface area contributed by atoms with E-state index < -0.39 is 11.9 Å². The Morgan fingerprint density at radius 1 is 1.06 bits per heavy atom. The molecule has 2 N–H and O–H groups in total. The first-order valence-electron chi connectivity index (χ1n) is 10.6. The number of esters is 1. The van der Waals surface area contributed by atoms with E-state index in [1.54, 1.807) is 6.92 Å². The molecule has 4 aromatic rings. The fourth-order valence-corrected chi connectivity index (χ4v) is 4.66. The van der Waals surface area contributed by atoms with Gasteiger partial charge >= 0.3 is 11.9 Å². The number of carboxylic acid groups (broad SMARTS) is 1. The highest BCUT2D eigenvalue weighted by Crippen LogP contribution is 2.38. The maximum Gasteiger partial charge on any atom is 0.348 e. The summed E-state index contributed by atoms with van der Waals surface area (Å²) < 4.78 is 16.0. The molecule has 0 amide bonds. The molecule has 10 heteroatoms. The Morgan fingerprint density at radius 3 is 2.46 bits per heavy atom. The Bertz CT molecular complexity index is 1390. The molecule has 9 nitrogen and oxygen atoms in total. The van der Waals surface area contributed by atoms with E-state index in [9.17, 15) is 14.7 Å². The van der Waals surface area contributed by atoms with Gasteiger partial charge in [-0.1, -0.05) is 30.3 Å². The summed E-state index contributed by atoms with van der Waals surface area (Å²) in [5.41, 5.74) is 1.96. The van der Waals surface area contributed by atoms with Gasteiger partial charge in [-0.15, -0.1) is 11.3 Å². The lowest BCUT2D eigenvalue weighted by molar-refractivity contribution is 0.0514. The number of aromatic carboxylic acids is 1. The molecule has 0 bridgehead atoms. The third-order valence-corrected chi connectivity index (χ3v) is 6.57. The zero-order valence-electron chi connectivity index (χ0n) is 19.3. The van der Waals surface area contributed by atoms with E-state index in [1.807, 2.05) is 30.3 Å². The van der Waals surface area contributed by atoms with E-state index in [4.69, 9.17) is 14.2 Å². The molecule has 0 radical (unpaired) electrons. The van der Waals surface area contributed by atoms with Crippen LogP contribution in [0.3, 0.4) is 0 Å². The molecule has 2 aromatic carbocycles. The van der Waals surface area contributed by atoms with Crippen LogP contribution in [0.25, 0.3) is 10.2 Å². The summed E-state index contributed by atoms with van der Waals surface area (Å²) in [7, 11) is 2.89. The van der Waals surface area contributed by atoms with Gasteiger partial charge in [0.15, 0.2) is 11.5 Å². The second-order valence-electron chi connectivity index (χ2n) is 7.51. The second-order valence-corrected chi connectivity index (χ2v) is 8.51. The Morgan fingerprint density at radius 2 is 1.77 bits per heavy atom. The van der Waals surface area contributed by atoms with Crippen LogP contribution in [0.1, 0.15) is 31.2 Å². The zero-order chi connectivity index (χ0) is 24.9. The third kappa shape index (κ3) is 5.02. The van der Waals surface area contributed by atoms with Gasteiger partial charge in [-0.3, -0.25) is 0 Å². The summed E-state index contributed by atoms with van der Waals surface area (Å²) in [5, 5.41) is 13.4. The van der Waals surface area contributed by atoms with Crippen molar-refractivity contribution in [3.8, 4) is 11.5 Å². The first-order valence-corrected chi connectivity index (χ1v) is 11.5. The number of carbonyl (C=O) groups excluding carboxylic acids is 1. The third-order valence-electron chi connectivity index (χ3n) is 5.39. The molecule has 0 aliphatic carbocycles. The number of aryl methyl sites for hydroxylation is 1. The molecule has 180 valence electrons. The number of hydrogen-bond acceptors (Lipinski definition) is 9. The summed E-state index contributed by atoms with van der Waals surface area (Å²) in [6, 6.07) is 12.7. The number of fused-ring (bicyclic) bond motifs is 1. The van der Waals surface area contributed by atoms with Crippen LogP contribution in [0.5, 0.6) is 11.5 Å². The minimum Gasteiger partial charge on any atom is -0.493 e. The average Bonchev–Trinajstić information content (AvgIpc) is 3.21. The molecule has 0 fully saturated rings. The summed E-state index contributed by atoms with van der Waals surface area (Å²) in [5.74, 6) is -0.583. The summed E-state index contributed by atoms with van der Waals surface area (Å²) in [6.45, 7) is 2.04. The van der Waals surface area contributed by atoms with Gasteiger partial charge in [-0.2, -0.15) is 0 Å². The molecule has 0 atom stereocenters. The Hall–Kier alpha value is -4.18. The monoisotopic (exact) mass is 493 g/mol. The van der Waals surface area contributed by atoms with Crippen molar-refractivity contribution < 1.29 is 28.9 Å². The highest BCUT2D eigenvalue weighted by molar-refractivity contribution is 7.20. The molecule has 0 unspecified atom stereocenters. The van der Waals surface area contributed by atoms with Gasteiger partial charge in [0.05, 0.1) is 37.5 Å². The van der Waals surface area contributed by atoms with Gasteiger partial charge in [0.1, 0.15) is 21.9 Å². The predicted octanol–water partition coefficient (Wildman–Crippen LogP) is 4.86. The number of benzene rings is 2. The van der Waals surface area contributed by atoms with Gasteiger partial charge in [-0.05, 0) is 18.1 Å². The zero-order valence-corrected chi connectivity index (χ0v) is 20.1. The number of nitrogens with one attached hydrogen (secondary N) is 1. The van der Waals surface area contributed by atoms with E-state index in [0.29, 0.717) is 38.6 Å². The fourth-order valence-electron chi connectivity index (χ4n) is 3.62. The van der Waals surface area contributed by atoms with Gasteiger partial charge in [0.25, 0.3) is 0 Å². The van der Waals surface area contributed by atoms with Crippen molar-refractivity contribution in [1.29, 1.82) is 0 Å². The maximum absolute atomic E-state index is 12.8. The lowest BCUT2D eigenvalue weighted by atomic mass is 10.1. The summed E-state index contributed by atoms with van der Waals surface area (Å²) in [4.78, 5) is 34.3. The molecule has 0 saturated carbocycles. The van der Waals surface area contributed by atoms with Crippen molar-refractivity contribution in [2.45, 2.75) is 13.3 Å². The number of carboxylic acids is 1. The number of carbonyl (C=O) groups is 2. The fraction of sp³-hybridized carbons (Fsp3) is 0.200. The van der Waals surface area contributed by atoms with E-state index in [1.165, 1.54) is 44.0 Å². The van der Waals surface area contributed by atoms with Crippen molar-refractivity contribution in [3.05, 3.63) is 70.4 Å². The minimum atomic E-state index is -1.15. The predicted molar refractivity (Wildman–Crippen MR) is 132 cm³/mol. The number of rotatable bonds is 9. The first-order chi connectivity index (χ1) is 16.9. The SMILES string of the molecule is COc1cc(Nc2ncnc3sc(C(=O)OCCc4ccccc4)c(C)c23)c(C(=O)O)cc1OC. The Labute approximate surface area is 205 Å². The van der Waals surface area contributed by atoms with Crippen LogP contribution >= 0.6 is 11.3 Å². The van der Waals surface area contributed by atoms with Gasteiger partial charge in [0, 0.05) is 18.6 Å². The lowest BCUT2D eigenvalue weighted by Crippen LogP contribution is -2.08. The van der Waals surface area contributed by atoms with Crippen molar-refractivity contribution in [1.82, 2.24) is 9.97 Å². The standard InChI is InChI=1S/C25H23N3O6S/c1-14-20-22(28-17-12-19(33-3)18(32-2)11-16(17)24(29)30)26-13-27-23(20)35-21(14)25(31)34-10-9-15-7-5-4-6-8-15/h4-8,11-13H,9-10H2,1-3H3,(H,29,30)(H,26,27,28). The average molecular weight is 494 g/mol. The smallest absolute Gasteiger partial charge is 0.348 e. The number of anilines is 2. The number of hydrogen-bond donors (Lipinski definition) is 2. The molecule has 0 aliphatic heterocycles. The van der Waals surface area contributed by atoms with Crippen LogP contribution in [0.15, 0.2) is 48.8 Å². The van der Waals surface area contributed by atoms with E-state index in [2.05, 4.69) is 15.3 Å². The highest BCUT2D eigenvalue weighted by atomic mass is 32.1. The quantitative estimate of drug-likeness (QED) is 0.315. The number of aromatic nitrogens is 2. The molecular weight excluding hydrogens is 470 g/mol. The molecule has 0 saturated heterocycles. The summed E-state index contributed by atoms with van der Waals surface area (Å²) in [6.07, 6.45) is 1.97. The van der Waals surface area contributed by atoms with Gasteiger partial charge < -0.3 is 24.6 Å². The van der Waals surface area contributed by atoms with E-state index >= 15 is 0 Å². The largest absolute Gasteiger partial charge is 0.493 e. The Kier molecular flexibility index (Phi) is 7.11. The molecule has 2 aromatic heterocycles. The molecule has 35 heavy (non-hydrogen) atoms. The van der Waals surface area contributed by atoms with Crippen molar-refractivity contribution in [2.24, 2.45) is 0 Å². The molecule has 0 aliphatic rings. The van der Waals surface area contributed by atoms with Gasteiger partial charge in [-0.25, -0.2) is 19.6 Å². The van der Waals surface area contributed by atoms with Crippen molar-refractivity contribution >= 4 is 45.0 Å². The second kappa shape index (κ2) is 10.4. The van der Waals surface area contributed by atoms with Gasteiger partial charge in [0.2, 0.25) is 0 Å². The van der Waals surface area contributed by atoms with Crippen LogP contribution in [-0.4, -0.2) is 47.8 Å². The number of methoxy groups -OCH3 is 2. The maximum atomic E-state index is 12.8. The first kappa shape index (κ1) is 24.0. The number of nitrogens with zero attached hydrogens (tertiary/aromatic N) is 2. The highest BCUT2D eigenvalue weighted by Gasteiger charge is 2.22. The van der Waals surface area contributed by atoms with E-state index in [0.717, 1.165) is 5.56 Å². The van der Waals surface area contributed by atoms with E-state index in [-0.39, 0.29) is 23.6 Å². The van der Waals surface area contributed by atoms with Crippen molar-refractivity contribution in [2.75, 3.05) is 26.1 Å². The van der Waals surface area contributed by atoms with Crippen LogP contribution in [0, 0.1) is 6.92 Å². The summed E-state index contributed by atoms with van der Waals surface area (Å²) >= 11 is 1.20. The molecular formula is C25H23N3O6S. The lowest BCUT2D eigenvalue weighted by Gasteiger charge is -2.14. The molecule has 4 rings (SSSR count).